The average molecular weight is 260 g/mol. The number of nitrogens with one attached hydrogen (secondary N) is 1. The molecule has 0 aliphatic rings. The van der Waals surface area contributed by atoms with E-state index in [-0.39, 0.29) is 16.9 Å². The molecule has 0 heterocycles. The summed E-state index contributed by atoms with van der Waals surface area (Å²) in [7, 11) is -3.60. The fourth-order valence-corrected chi connectivity index (χ4v) is 2.60. The van der Waals surface area contributed by atoms with Crippen LogP contribution in [0.5, 0.6) is 0 Å². The Kier molecular flexibility index (Phi) is 4.62. The maximum Gasteiger partial charge on any atom is 0.240 e. The van der Waals surface area contributed by atoms with E-state index in [9.17, 15) is 12.8 Å². The molecule has 0 aliphatic carbocycles. The van der Waals surface area contributed by atoms with E-state index in [0.717, 1.165) is 12.1 Å². The van der Waals surface area contributed by atoms with Gasteiger partial charge in [-0.2, -0.15) is 0 Å². The van der Waals surface area contributed by atoms with Gasteiger partial charge < -0.3 is 5.73 Å². The molecule has 0 amide bonds. The minimum Gasteiger partial charge on any atom is -0.330 e. The van der Waals surface area contributed by atoms with Crippen molar-refractivity contribution in [2.45, 2.75) is 24.8 Å². The van der Waals surface area contributed by atoms with Crippen molar-refractivity contribution in [1.29, 1.82) is 0 Å². The van der Waals surface area contributed by atoms with Crippen LogP contribution in [0.25, 0.3) is 0 Å². The third-order valence-electron chi connectivity index (χ3n) is 2.69. The molecule has 4 nitrogen and oxygen atoms in total. The van der Waals surface area contributed by atoms with Crippen LogP contribution < -0.4 is 10.5 Å². The van der Waals surface area contributed by atoms with Crippen molar-refractivity contribution in [3.8, 4) is 0 Å². The molecule has 1 aromatic rings. The molecule has 2 unspecified atom stereocenters. The first-order valence-electron chi connectivity index (χ1n) is 5.35. The highest BCUT2D eigenvalue weighted by Crippen LogP contribution is 2.12. The molecular weight excluding hydrogens is 243 g/mol. The van der Waals surface area contributed by atoms with E-state index in [1.54, 1.807) is 6.92 Å². The van der Waals surface area contributed by atoms with Gasteiger partial charge in [-0.1, -0.05) is 6.92 Å². The Bertz CT molecular complexity index is 459. The van der Waals surface area contributed by atoms with Crippen molar-refractivity contribution in [2.75, 3.05) is 6.54 Å². The van der Waals surface area contributed by atoms with Gasteiger partial charge in [0.1, 0.15) is 5.82 Å². The highest BCUT2D eigenvalue weighted by molar-refractivity contribution is 7.89. The fraction of sp³-hybridized carbons (Fsp3) is 0.455. The smallest absolute Gasteiger partial charge is 0.240 e. The third kappa shape index (κ3) is 3.76. The standard InChI is InChI=1S/C11H17FN2O2S/c1-8(7-13)9(2)14-17(15,16)11-5-3-10(12)4-6-11/h3-6,8-9,14H,7,13H2,1-2H3. The minimum absolute atomic E-state index is 0.0326. The lowest BCUT2D eigenvalue weighted by Crippen LogP contribution is -2.39. The largest absolute Gasteiger partial charge is 0.330 e. The summed E-state index contributed by atoms with van der Waals surface area (Å²) in [5.74, 6) is -0.433. The Labute approximate surface area is 101 Å². The van der Waals surface area contributed by atoms with E-state index < -0.39 is 15.8 Å². The van der Waals surface area contributed by atoms with Crippen LogP contribution in [0.1, 0.15) is 13.8 Å². The molecule has 0 fully saturated rings. The first-order chi connectivity index (χ1) is 7.86. The second kappa shape index (κ2) is 5.57. The van der Waals surface area contributed by atoms with Gasteiger partial charge in [-0.3, -0.25) is 0 Å². The van der Waals surface area contributed by atoms with Crippen LogP contribution in [0.3, 0.4) is 0 Å². The van der Waals surface area contributed by atoms with Gasteiger partial charge in [0, 0.05) is 6.04 Å². The maximum absolute atomic E-state index is 12.7. The zero-order valence-electron chi connectivity index (χ0n) is 9.85. The summed E-state index contributed by atoms with van der Waals surface area (Å²) in [6.45, 7) is 4.00. The number of rotatable bonds is 5. The van der Waals surface area contributed by atoms with E-state index >= 15 is 0 Å². The van der Waals surface area contributed by atoms with Crippen molar-refractivity contribution in [3.63, 3.8) is 0 Å². The predicted octanol–water partition coefficient (Wildman–Crippen LogP) is 1.09. The molecule has 6 heteroatoms. The number of halogens is 1. The van der Waals surface area contributed by atoms with E-state index in [0.29, 0.717) is 6.54 Å². The Morgan fingerprint density at radius 2 is 1.82 bits per heavy atom. The molecule has 0 bridgehead atoms. The average Bonchev–Trinajstić information content (AvgIpc) is 2.27. The molecule has 0 spiro atoms. The van der Waals surface area contributed by atoms with E-state index in [1.165, 1.54) is 12.1 Å². The van der Waals surface area contributed by atoms with E-state index in [1.807, 2.05) is 6.92 Å². The SMILES string of the molecule is CC(CN)C(C)NS(=O)(=O)c1ccc(F)cc1. The van der Waals surface area contributed by atoms with Gasteiger partial charge >= 0.3 is 0 Å². The van der Waals surface area contributed by atoms with Crippen LogP contribution in [0.4, 0.5) is 4.39 Å². The van der Waals surface area contributed by atoms with Crippen molar-refractivity contribution in [1.82, 2.24) is 4.72 Å². The van der Waals surface area contributed by atoms with Crippen LogP contribution in [-0.4, -0.2) is 21.0 Å². The maximum atomic E-state index is 12.7. The first kappa shape index (κ1) is 14.1. The van der Waals surface area contributed by atoms with Gasteiger partial charge in [0.2, 0.25) is 10.0 Å². The zero-order valence-corrected chi connectivity index (χ0v) is 10.7. The van der Waals surface area contributed by atoms with Gasteiger partial charge in [0.15, 0.2) is 0 Å². The minimum atomic E-state index is -3.60. The Balaban J connectivity index is 2.85. The molecule has 0 aromatic heterocycles. The molecule has 0 radical (unpaired) electrons. The lowest BCUT2D eigenvalue weighted by molar-refractivity contribution is 0.453. The number of sulfonamides is 1. The number of hydrogen-bond acceptors (Lipinski definition) is 3. The molecule has 0 saturated heterocycles. The summed E-state index contributed by atoms with van der Waals surface area (Å²) in [4.78, 5) is 0.0509. The molecule has 96 valence electrons. The monoisotopic (exact) mass is 260 g/mol. The molecule has 0 saturated carbocycles. The molecular formula is C11H17FN2O2S. The summed E-state index contributed by atoms with van der Waals surface area (Å²) in [5, 5.41) is 0. The third-order valence-corrected chi connectivity index (χ3v) is 4.27. The van der Waals surface area contributed by atoms with Crippen molar-refractivity contribution < 1.29 is 12.8 Å². The zero-order chi connectivity index (χ0) is 13.1. The van der Waals surface area contributed by atoms with Crippen LogP contribution in [-0.2, 0) is 10.0 Å². The molecule has 0 aliphatic heterocycles. The van der Waals surface area contributed by atoms with Crippen LogP contribution >= 0.6 is 0 Å². The molecule has 2 atom stereocenters. The highest BCUT2D eigenvalue weighted by Gasteiger charge is 2.20. The second-order valence-electron chi connectivity index (χ2n) is 4.08. The van der Waals surface area contributed by atoms with Gasteiger partial charge in [-0.05, 0) is 43.7 Å². The topological polar surface area (TPSA) is 72.2 Å². The van der Waals surface area contributed by atoms with Gasteiger partial charge in [0.05, 0.1) is 4.90 Å². The van der Waals surface area contributed by atoms with Crippen molar-refractivity contribution in [2.24, 2.45) is 11.7 Å². The molecule has 1 aromatic carbocycles. The number of benzene rings is 1. The first-order valence-corrected chi connectivity index (χ1v) is 6.83. The van der Waals surface area contributed by atoms with Crippen molar-refractivity contribution >= 4 is 10.0 Å². The molecule has 1 rings (SSSR count). The van der Waals surface area contributed by atoms with E-state index in [2.05, 4.69) is 4.72 Å². The predicted molar refractivity (Wildman–Crippen MR) is 64.4 cm³/mol. The second-order valence-corrected chi connectivity index (χ2v) is 5.79. The van der Waals surface area contributed by atoms with Crippen LogP contribution in [0.15, 0.2) is 29.2 Å². The summed E-state index contributed by atoms with van der Waals surface area (Å²) < 4.78 is 39.0. The van der Waals surface area contributed by atoms with E-state index in [4.69, 9.17) is 5.73 Å². The summed E-state index contributed by atoms with van der Waals surface area (Å²) in [6.07, 6.45) is 0. The van der Waals surface area contributed by atoms with Gasteiger partial charge in [-0.25, -0.2) is 17.5 Å². The van der Waals surface area contributed by atoms with Crippen LogP contribution in [0.2, 0.25) is 0 Å². The lowest BCUT2D eigenvalue weighted by Gasteiger charge is -2.19. The fourth-order valence-electron chi connectivity index (χ4n) is 1.25. The summed E-state index contributed by atoms with van der Waals surface area (Å²) in [5.41, 5.74) is 5.47. The summed E-state index contributed by atoms with van der Waals surface area (Å²) >= 11 is 0. The Morgan fingerprint density at radius 1 is 1.29 bits per heavy atom. The normalized spacial score (nSPS) is 15.5. The molecule has 17 heavy (non-hydrogen) atoms. The van der Waals surface area contributed by atoms with Gasteiger partial charge in [-0.15, -0.1) is 0 Å². The lowest BCUT2D eigenvalue weighted by atomic mass is 10.1. The van der Waals surface area contributed by atoms with Crippen molar-refractivity contribution in [3.05, 3.63) is 30.1 Å². The quantitative estimate of drug-likeness (QED) is 0.832. The van der Waals surface area contributed by atoms with Gasteiger partial charge in [0.25, 0.3) is 0 Å². The number of nitrogens with two attached hydrogens (primary N) is 1. The Morgan fingerprint density at radius 3 is 2.29 bits per heavy atom. The highest BCUT2D eigenvalue weighted by atomic mass is 32.2. The Hall–Kier alpha value is -0.980. The molecule has 3 N–H and O–H groups in total. The number of hydrogen-bond donors (Lipinski definition) is 2. The summed E-state index contributed by atoms with van der Waals surface area (Å²) in [6, 6.07) is 4.43. The van der Waals surface area contributed by atoms with Crippen LogP contribution in [0, 0.1) is 11.7 Å².